The first kappa shape index (κ1) is 20.7. The Labute approximate surface area is 189 Å². The van der Waals surface area contributed by atoms with E-state index in [2.05, 4.69) is 0 Å². The van der Waals surface area contributed by atoms with Crippen molar-refractivity contribution in [1.82, 2.24) is 23.1 Å². The summed E-state index contributed by atoms with van der Waals surface area (Å²) in [4.78, 5) is 43.2. The van der Waals surface area contributed by atoms with Gasteiger partial charge in [-0.25, -0.2) is 9.36 Å². The number of ketones is 1. The van der Waals surface area contributed by atoms with Crippen molar-refractivity contribution in [2.45, 2.75) is 26.8 Å². The molecule has 5 rings (SSSR count). The number of hydrogen-bond acceptors (Lipinski definition) is 4. The Bertz CT molecular complexity index is 1670. The Balaban J connectivity index is 1.97. The van der Waals surface area contributed by atoms with E-state index < -0.39 is 17.3 Å². The molecule has 166 valence electrons. The molecule has 0 N–H and O–H groups in total. The van der Waals surface area contributed by atoms with E-state index in [9.17, 15) is 14.4 Å². The molecule has 0 spiro atoms. The molecule has 3 heterocycles. The van der Waals surface area contributed by atoms with Gasteiger partial charge in [0.1, 0.15) is 0 Å². The van der Waals surface area contributed by atoms with Gasteiger partial charge in [0, 0.05) is 18.8 Å². The molecule has 0 fully saturated rings. The van der Waals surface area contributed by atoms with Crippen LogP contribution < -0.4 is 11.2 Å². The van der Waals surface area contributed by atoms with E-state index in [0.29, 0.717) is 5.78 Å². The van der Waals surface area contributed by atoms with Crippen LogP contribution in [-0.2, 0) is 11.8 Å². The Kier molecular flexibility index (Phi) is 4.67. The Hall–Kier alpha value is -4.20. The van der Waals surface area contributed by atoms with E-state index in [-0.39, 0.29) is 16.9 Å². The molecular formula is C25H23N5O3. The molecule has 0 aliphatic carbocycles. The van der Waals surface area contributed by atoms with Crippen molar-refractivity contribution in [3.05, 3.63) is 87.2 Å². The molecule has 0 saturated carbocycles. The summed E-state index contributed by atoms with van der Waals surface area (Å²) in [7, 11) is 1.57. The summed E-state index contributed by atoms with van der Waals surface area (Å²) in [5.74, 6) is 0.246. The van der Waals surface area contributed by atoms with Gasteiger partial charge in [0.2, 0.25) is 5.78 Å². The average Bonchev–Trinajstić information content (AvgIpc) is 3.35. The molecule has 2 aromatic carbocycles. The second-order valence-electron chi connectivity index (χ2n) is 8.26. The van der Waals surface area contributed by atoms with E-state index in [1.54, 1.807) is 18.4 Å². The number of rotatable bonds is 4. The number of carbonyl (C=O) groups excluding carboxylic acids is 1. The summed E-state index contributed by atoms with van der Waals surface area (Å²) in [6.07, 6.45) is 1.86. The van der Waals surface area contributed by atoms with Crippen molar-refractivity contribution >= 4 is 22.7 Å². The van der Waals surface area contributed by atoms with Gasteiger partial charge in [-0.3, -0.25) is 23.1 Å². The first-order valence-electron chi connectivity index (χ1n) is 10.7. The molecule has 8 nitrogen and oxygen atoms in total. The van der Waals surface area contributed by atoms with Gasteiger partial charge in [0.25, 0.3) is 5.56 Å². The maximum atomic E-state index is 13.5. The first-order chi connectivity index (χ1) is 15.8. The van der Waals surface area contributed by atoms with Crippen LogP contribution in [0.15, 0.2) is 70.4 Å². The zero-order valence-corrected chi connectivity index (χ0v) is 18.8. The number of aryl methyl sites for hydroxylation is 2. The van der Waals surface area contributed by atoms with Crippen molar-refractivity contribution in [3.63, 3.8) is 0 Å². The zero-order valence-electron chi connectivity index (χ0n) is 18.8. The molecule has 3 aromatic heterocycles. The number of para-hydroxylation sites is 1. The highest BCUT2D eigenvalue weighted by atomic mass is 16.2. The lowest BCUT2D eigenvalue weighted by Crippen LogP contribution is -2.42. The van der Waals surface area contributed by atoms with Crippen LogP contribution in [0.25, 0.3) is 33.9 Å². The summed E-state index contributed by atoms with van der Waals surface area (Å²) in [5, 5.41) is 0. The Morgan fingerprint density at radius 1 is 1.00 bits per heavy atom. The quantitative estimate of drug-likeness (QED) is 0.429. The maximum absolute atomic E-state index is 13.5. The van der Waals surface area contributed by atoms with Gasteiger partial charge in [-0.2, -0.15) is 4.98 Å². The van der Waals surface area contributed by atoms with Gasteiger partial charge in [0.15, 0.2) is 16.9 Å². The first-order valence-corrected chi connectivity index (χ1v) is 10.7. The van der Waals surface area contributed by atoms with Crippen LogP contribution in [0.1, 0.15) is 25.5 Å². The van der Waals surface area contributed by atoms with Crippen molar-refractivity contribution in [3.8, 4) is 16.9 Å². The molecule has 0 amide bonds. The van der Waals surface area contributed by atoms with E-state index in [1.807, 2.05) is 72.3 Å². The largest absolute Gasteiger partial charge is 0.333 e. The molecule has 0 aliphatic heterocycles. The molecule has 33 heavy (non-hydrogen) atoms. The van der Waals surface area contributed by atoms with Crippen LogP contribution in [0.3, 0.4) is 0 Å². The van der Waals surface area contributed by atoms with Crippen molar-refractivity contribution in [1.29, 1.82) is 0 Å². The molecule has 5 aromatic rings. The number of fused-ring (bicyclic) bond motifs is 3. The smallest absolute Gasteiger partial charge is 0.298 e. The number of imidazole rings is 2. The van der Waals surface area contributed by atoms with E-state index >= 15 is 0 Å². The molecule has 0 bridgehead atoms. The number of benzene rings is 2. The molecule has 8 heteroatoms. The SMILES string of the molecule is CC(=O)[C@@H](C)n1c(=O)c2c(nc3n(-c4ccccc4C)c(-c4ccccc4)cn23)n(C)c1=O. The average molecular weight is 441 g/mol. The normalized spacial score (nSPS) is 12.5. The molecule has 1 atom stereocenters. The molecular weight excluding hydrogens is 418 g/mol. The predicted molar refractivity (Wildman–Crippen MR) is 127 cm³/mol. The summed E-state index contributed by atoms with van der Waals surface area (Å²) in [6, 6.07) is 16.9. The van der Waals surface area contributed by atoms with Gasteiger partial charge in [0.05, 0.1) is 17.4 Å². The molecule has 0 unspecified atom stereocenters. The highest BCUT2D eigenvalue weighted by Crippen LogP contribution is 2.30. The second kappa shape index (κ2) is 7.44. The number of Topliss-reactive ketones (excluding diaryl/α,β-unsaturated/α-hetero) is 1. The third kappa shape index (κ3) is 2.98. The van der Waals surface area contributed by atoms with Crippen molar-refractivity contribution in [2.75, 3.05) is 0 Å². The number of aromatic nitrogens is 5. The lowest BCUT2D eigenvalue weighted by atomic mass is 10.1. The van der Waals surface area contributed by atoms with Gasteiger partial charge in [-0.1, -0.05) is 48.5 Å². The standard InChI is InChI=1S/C25H23N5O3/c1-15-10-8-9-13-19(15)30-20(18-11-6-5-7-12-18)14-28-21-22(26-24(28)30)27(4)25(33)29(23(21)32)16(2)17(3)31/h5-14,16H,1-4H3/t16-/m1/s1. The minimum absolute atomic E-state index is 0.254. The fourth-order valence-corrected chi connectivity index (χ4v) is 4.25. The van der Waals surface area contributed by atoms with Gasteiger partial charge < -0.3 is 0 Å². The summed E-state index contributed by atoms with van der Waals surface area (Å²) in [5.41, 5.74) is 3.20. The fraction of sp³-hybridized carbons (Fsp3) is 0.200. The fourth-order valence-electron chi connectivity index (χ4n) is 4.25. The number of carbonyl (C=O) groups is 1. The van der Waals surface area contributed by atoms with Crippen LogP contribution in [-0.4, -0.2) is 28.9 Å². The molecule has 0 saturated heterocycles. The lowest BCUT2D eigenvalue weighted by Gasteiger charge is -2.13. The third-order valence-corrected chi connectivity index (χ3v) is 6.20. The topological polar surface area (TPSA) is 83.3 Å². The zero-order chi connectivity index (χ0) is 23.4. The van der Waals surface area contributed by atoms with Crippen LogP contribution >= 0.6 is 0 Å². The predicted octanol–water partition coefficient (Wildman–Crippen LogP) is 3.26. The molecule has 0 aliphatic rings. The minimum atomic E-state index is -0.877. The molecule has 0 radical (unpaired) electrons. The lowest BCUT2D eigenvalue weighted by molar-refractivity contribution is -0.119. The maximum Gasteiger partial charge on any atom is 0.333 e. The van der Waals surface area contributed by atoms with Crippen LogP contribution in [0.5, 0.6) is 0 Å². The Morgan fingerprint density at radius 3 is 2.33 bits per heavy atom. The summed E-state index contributed by atoms with van der Waals surface area (Å²) < 4.78 is 6.04. The van der Waals surface area contributed by atoms with Crippen LogP contribution in [0.2, 0.25) is 0 Å². The minimum Gasteiger partial charge on any atom is -0.298 e. The summed E-state index contributed by atoms with van der Waals surface area (Å²) in [6.45, 7) is 4.94. The Morgan fingerprint density at radius 2 is 1.67 bits per heavy atom. The van der Waals surface area contributed by atoms with Crippen molar-refractivity contribution in [2.24, 2.45) is 7.05 Å². The van der Waals surface area contributed by atoms with Gasteiger partial charge >= 0.3 is 5.69 Å². The highest BCUT2D eigenvalue weighted by Gasteiger charge is 2.25. The summed E-state index contributed by atoms with van der Waals surface area (Å²) >= 11 is 0. The number of hydrogen-bond donors (Lipinski definition) is 0. The van der Waals surface area contributed by atoms with Gasteiger partial charge in [-0.15, -0.1) is 0 Å². The highest BCUT2D eigenvalue weighted by molar-refractivity contribution is 5.82. The third-order valence-electron chi connectivity index (χ3n) is 6.20. The van der Waals surface area contributed by atoms with Gasteiger partial charge in [-0.05, 0) is 32.4 Å². The van der Waals surface area contributed by atoms with Crippen molar-refractivity contribution < 1.29 is 4.79 Å². The van der Waals surface area contributed by atoms with E-state index in [0.717, 1.165) is 27.1 Å². The van der Waals surface area contributed by atoms with Crippen LogP contribution in [0, 0.1) is 6.92 Å². The van der Waals surface area contributed by atoms with E-state index in [1.165, 1.54) is 11.5 Å². The van der Waals surface area contributed by atoms with Crippen LogP contribution in [0.4, 0.5) is 0 Å². The number of nitrogens with zero attached hydrogens (tertiary/aromatic N) is 5. The monoisotopic (exact) mass is 441 g/mol. The second-order valence-corrected chi connectivity index (χ2v) is 8.26. The van der Waals surface area contributed by atoms with E-state index in [4.69, 9.17) is 4.98 Å².